The summed E-state index contributed by atoms with van der Waals surface area (Å²) in [5.74, 6) is -2.58. The molecule has 1 unspecified atom stereocenters. The normalized spacial score (nSPS) is 16.2. The molecule has 2 aliphatic rings. The quantitative estimate of drug-likeness (QED) is 0.222. The van der Waals surface area contributed by atoms with Crippen LogP contribution in [0.4, 0.5) is 0 Å². The van der Waals surface area contributed by atoms with Crippen molar-refractivity contribution >= 4 is 23.6 Å². The second-order valence-electron chi connectivity index (χ2n) is 11.2. The van der Waals surface area contributed by atoms with Gasteiger partial charge in [-0.15, -0.1) is 0 Å². The van der Waals surface area contributed by atoms with E-state index in [1.807, 2.05) is 50.2 Å². The van der Waals surface area contributed by atoms with Crippen LogP contribution >= 0.6 is 0 Å². The zero-order chi connectivity index (χ0) is 27.9. The molecule has 0 spiro atoms. The van der Waals surface area contributed by atoms with Gasteiger partial charge in [-0.3, -0.25) is 24.4 Å². The Morgan fingerprint density at radius 1 is 0.744 bits per heavy atom. The van der Waals surface area contributed by atoms with Crippen LogP contribution in [0.5, 0.6) is 0 Å². The number of hydroxylamine groups is 1. The van der Waals surface area contributed by atoms with E-state index in [4.69, 9.17) is 5.21 Å². The minimum atomic E-state index is -1.10. The topological polar surface area (TPSA) is 137 Å². The number of benzene rings is 2. The molecule has 4 amide bonds. The summed E-state index contributed by atoms with van der Waals surface area (Å²) in [6.07, 6.45) is 2.75. The summed E-state index contributed by atoms with van der Waals surface area (Å²) in [5, 5.41) is 17.8. The standard InChI is InChI=1S/C30H38N4O5/c1-18(2)11-23(16-28(36)34-39)29(37)33-26(30(38)32-25-14-21-9-5-6-10-22(21)15-25)17-27(35)31-24-12-19-7-3-4-8-20(19)13-24/h3-10,18,23-26,39H,11-17H2,1-2H3,(H,31,35)(H,32,38)(H,33,37)(H,34,36)/t23-,26?/m1/s1. The van der Waals surface area contributed by atoms with Crippen molar-refractivity contribution in [3.8, 4) is 0 Å². The Kier molecular flexibility index (Phi) is 9.35. The first kappa shape index (κ1) is 28.3. The lowest BCUT2D eigenvalue weighted by Gasteiger charge is -2.24. The van der Waals surface area contributed by atoms with Crippen molar-refractivity contribution in [3.63, 3.8) is 0 Å². The van der Waals surface area contributed by atoms with Gasteiger partial charge >= 0.3 is 0 Å². The van der Waals surface area contributed by atoms with Crippen LogP contribution < -0.4 is 21.4 Å². The van der Waals surface area contributed by atoms with Crippen LogP contribution in [-0.4, -0.2) is 47.0 Å². The first-order chi connectivity index (χ1) is 18.7. The smallest absolute Gasteiger partial charge is 0.244 e. The fourth-order valence-electron chi connectivity index (χ4n) is 5.72. The minimum Gasteiger partial charge on any atom is -0.353 e. The van der Waals surface area contributed by atoms with Gasteiger partial charge in [-0.1, -0.05) is 62.4 Å². The Hall–Kier alpha value is -3.72. The van der Waals surface area contributed by atoms with Gasteiger partial charge in [0.2, 0.25) is 23.6 Å². The maximum absolute atomic E-state index is 13.4. The van der Waals surface area contributed by atoms with Gasteiger partial charge < -0.3 is 16.0 Å². The highest BCUT2D eigenvalue weighted by molar-refractivity contribution is 5.93. The predicted molar refractivity (Wildman–Crippen MR) is 146 cm³/mol. The molecule has 0 aliphatic heterocycles. The number of carbonyl (C=O) groups is 4. The molecule has 9 nitrogen and oxygen atoms in total. The predicted octanol–water partition coefficient (Wildman–Crippen LogP) is 1.99. The van der Waals surface area contributed by atoms with Crippen molar-refractivity contribution in [3.05, 3.63) is 70.8 Å². The van der Waals surface area contributed by atoms with Gasteiger partial charge in [0.25, 0.3) is 0 Å². The first-order valence-corrected chi connectivity index (χ1v) is 13.7. The van der Waals surface area contributed by atoms with Crippen LogP contribution in [0.2, 0.25) is 0 Å². The lowest BCUT2D eigenvalue weighted by atomic mass is 9.92. The fourth-order valence-corrected chi connectivity index (χ4v) is 5.72. The molecular weight excluding hydrogens is 496 g/mol. The highest BCUT2D eigenvalue weighted by atomic mass is 16.5. The lowest BCUT2D eigenvalue weighted by Crippen LogP contribution is -2.53. The molecule has 0 bridgehead atoms. The molecule has 0 radical (unpaired) electrons. The zero-order valence-corrected chi connectivity index (χ0v) is 22.5. The van der Waals surface area contributed by atoms with Crippen molar-refractivity contribution in [1.82, 2.24) is 21.4 Å². The molecule has 2 atom stereocenters. The maximum Gasteiger partial charge on any atom is 0.244 e. The summed E-state index contributed by atoms with van der Waals surface area (Å²) in [6, 6.07) is 14.8. The van der Waals surface area contributed by atoms with Gasteiger partial charge in [0.05, 0.1) is 6.42 Å². The molecular formula is C30H38N4O5. The van der Waals surface area contributed by atoms with Crippen molar-refractivity contribution in [2.45, 2.75) is 76.9 Å². The molecule has 0 saturated carbocycles. The molecule has 5 N–H and O–H groups in total. The SMILES string of the molecule is CC(C)C[C@H](CC(=O)NO)C(=O)NC(CC(=O)NC1Cc2ccccc2C1)C(=O)NC1Cc2ccccc2C1. The number of hydrogen-bond donors (Lipinski definition) is 5. The number of rotatable bonds is 11. The van der Waals surface area contributed by atoms with Gasteiger partial charge in [0.1, 0.15) is 6.04 Å². The van der Waals surface area contributed by atoms with Crippen LogP contribution in [-0.2, 0) is 44.9 Å². The van der Waals surface area contributed by atoms with Gasteiger partial charge in [-0.2, -0.15) is 0 Å². The molecule has 2 aromatic carbocycles. The third-order valence-electron chi connectivity index (χ3n) is 7.52. The largest absolute Gasteiger partial charge is 0.353 e. The molecule has 0 aromatic heterocycles. The fraction of sp³-hybridized carbons (Fsp3) is 0.467. The maximum atomic E-state index is 13.4. The lowest BCUT2D eigenvalue weighted by molar-refractivity contribution is -0.137. The third kappa shape index (κ3) is 7.66. The van der Waals surface area contributed by atoms with Crippen molar-refractivity contribution in [1.29, 1.82) is 0 Å². The molecule has 0 fully saturated rings. The Balaban J connectivity index is 1.43. The number of fused-ring (bicyclic) bond motifs is 2. The Morgan fingerprint density at radius 3 is 1.69 bits per heavy atom. The van der Waals surface area contributed by atoms with E-state index in [0.29, 0.717) is 19.3 Å². The average molecular weight is 535 g/mol. The van der Waals surface area contributed by atoms with E-state index in [1.54, 1.807) is 5.48 Å². The first-order valence-electron chi connectivity index (χ1n) is 13.7. The van der Waals surface area contributed by atoms with Crippen LogP contribution in [0, 0.1) is 11.8 Å². The summed E-state index contributed by atoms with van der Waals surface area (Å²) < 4.78 is 0. The zero-order valence-electron chi connectivity index (χ0n) is 22.5. The highest BCUT2D eigenvalue weighted by Crippen LogP contribution is 2.23. The molecule has 2 aromatic rings. The van der Waals surface area contributed by atoms with E-state index in [9.17, 15) is 19.2 Å². The van der Waals surface area contributed by atoms with Gasteiger partial charge in [0, 0.05) is 24.4 Å². The van der Waals surface area contributed by atoms with E-state index in [-0.39, 0.29) is 36.8 Å². The van der Waals surface area contributed by atoms with E-state index >= 15 is 0 Å². The molecule has 39 heavy (non-hydrogen) atoms. The van der Waals surface area contributed by atoms with E-state index in [2.05, 4.69) is 28.1 Å². The summed E-state index contributed by atoms with van der Waals surface area (Å²) >= 11 is 0. The molecule has 4 rings (SSSR count). The van der Waals surface area contributed by atoms with Crippen LogP contribution in [0.15, 0.2) is 48.5 Å². The second kappa shape index (κ2) is 12.9. The Bertz CT molecular complexity index is 1160. The summed E-state index contributed by atoms with van der Waals surface area (Å²) in [7, 11) is 0. The molecule has 9 heteroatoms. The van der Waals surface area contributed by atoms with Gasteiger partial charge in [-0.25, -0.2) is 5.48 Å². The van der Waals surface area contributed by atoms with Gasteiger partial charge in [-0.05, 0) is 60.3 Å². The number of hydrogen-bond acceptors (Lipinski definition) is 5. The number of nitrogens with one attached hydrogen (secondary N) is 4. The molecule has 208 valence electrons. The minimum absolute atomic E-state index is 0.0689. The van der Waals surface area contributed by atoms with Crippen molar-refractivity contribution in [2.75, 3.05) is 0 Å². The van der Waals surface area contributed by atoms with Crippen LogP contribution in [0.3, 0.4) is 0 Å². The molecule has 2 aliphatic carbocycles. The van der Waals surface area contributed by atoms with Gasteiger partial charge in [0.15, 0.2) is 0 Å². The summed E-state index contributed by atoms with van der Waals surface area (Å²) in [6.45, 7) is 3.85. The van der Waals surface area contributed by atoms with Crippen molar-refractivity contribution in [2.24, 2.45) is 11.8 Å². The average Bonchev–Trinajstić information content (AvgIpc) is 3.50. The van der Waals surface area contributed by atoms with E-state index < -0.39 is 29.7 Å². The number of amides is 4. The van der Waals surface area contributed by atoms with Crippen LogP contribution in [0.25, 0.3) is 0 Å². The number of carbonyl (C=O) groups excluding carboxylic acids is 4. The molecule has 0 saturated heterocycles. The molecule has 0 heterocycles. The van der Waals surface area contributed by atoms with E-state index in [0.717, 1.165) is 12.8 Å². The monoisotopic (exact) mass is 534 g/mol. The Labute approximate surface area is 229 Å². The summed E-state index contributed by atoms with van der Waals surface area (Å²) in [5.41, 5.74) is 6.32. The van der Waals surface area contributed by atoms with Crippen molar-refractivity contribution < 1.29 is 24.4 Å². The second-order valence-corrected chi connectivity index (χ2v) is 11.2. The van der Waals surface area contributed by atoms with E-state index in [1.165, 1.54) is 22.3 Å². The highest BCUT2D eigenvalue weighted by Gasteiger charge is 2.32. The summed E-state index contributed by atoms with van der Waals surface area (Å²) in [4.78, 5) is 51.6. The van der Waals surface area contributed by atoms with Crippen LogP contribution in [0.1, 0.15) is 55.4 Å². The Morgan fingerprint density at radius 2 is 1.23 bits per heavy atom. The third-order valence-corrected chi connectivity index (χ3v) is 7.52.